The number of hydrogen-bond acceptors (Lipinski definition) is 3. The van der Waals surface area contributed by atoms with Crippen molar-refractivity contribution >= 4 is 10.0 Å². The zero-order valence-electron chi connectivity index (χ0n) is 10.5. The van der Waals surface area contributed by atoms with E-state index in [-0.39, 0.29) is 12.6 Å². The molecule has 1 aromatic rings. The Morgan fingerprint density at radius 3 is 2.70 bits per heavy atom. The third-order valence-electron chi connectivity index (χ3n) is 3.00. The minimum atomic E-state index is -4.57. The van der Waals surface area contributed by atoms with E-state index >= 15 is 0 Å². The normalized spacial score (nSPS) is 20.2. The number of rotatable bonds is 4. The van der Waals surface area contributed by atoms with Gasteiger partial charge in [-0.05, 0) is 31.0 Å². The smallest absolute Gasteiger partial charge is 0.377 e. The number of ether oxygens (including phenoxy) is 1. The third kappa shape index (κ3) is 3.71. The quantitative estimate of drug-likeness (QED) is 0.927. The fraction of sp³-hybridized carbons (Fsp3) is 0.500. The van der Waals surface area contributed by atoms with Gasteiger partial charge in [-0.15, -0.1) is 0 Å². The van der Waals surface area contributed by atoms with Crippen molar-refractivity contribution in [2.24, 2.45) is 0 Å². The molecule has 1 N–H and O–H groups in total. The predicted molar refractivity (Wildman–Crippen MR) is 65.6 cm³/mol. The highest BCUT2D eigenvalue weighted by molar-refractivity contribution is 7.89. The van der Waals surface area contributed by atoms with Gasteiger partial charge in [-0.2, -0.15) is 13.2 Å². The van der Waals surface area contributed by atoms with Crippen LogP contribution in [0, 0.1) is 0 Å². The third-order valence-corrected chi connectivity index (χ3v) is 4.42. The highest BCUT2D eigenvalue weighted by Gasteiger charge is 2.31. The molecule has 112 valence electrons. The number of sulfonamides is 1. The summed E-state index contributed by atoms with van der Waals surface area (Å²) in [6.45, 7) is 0.647. The molecule has 1 atom stereocenters. The van der Waals surface area contributed by atoms with Crippen LogP contribution in [0.1, 0.15) is 18.4 Å². The Bertz CT molecular complexity index is 566. The maximum Gasteiger partial charge on any atom is 0.416 e. The van der Waals surface area contributed by atoms with Crippen LogP contribution in [0.5, 0.6) is 0 Å². The highest BCUT2D eigenvalue weighted by atomic mass is 32.2. The molecule has 1 aliphatic heterocycles. The average Bonchev–Trinajstić information content (AvgIpc) is 2.89. The summed E-state index contributed by atoms with van der Waals surface area (Å²) in [4.78, 5) is -0.398. The molecule has 0 aromatic heterocycles. The Hall–Kier alpha value is -1.12. The van der Waals surface area contributed by atoms with Crippen molar-refractivity contribution in [3.05, 3.63) is 29.8 Å². The first-order valence-electron chi connectivity index (χ1n) is 6.07. The minimum Gasteiger partial charge on any atom is -0.377 e. The lowest BCUT2D eigenvalue weighted by Gasteiger charge is -2.12. The van der Waals surface area contributed by atoms with Gasteiger partial charge in [-0.3, -0.25) is 0 Å². The number of hydrogen-bond donors (Lipinski definition) is 1. The van der Waals surface area contributed by atoms with Crippen molar-refractivity contribution in [3.8, 4) is 0 Å². The molecule has 0 saturated carbocycles. The molecule has 0 aliphatic carbocycles. The fourth-order valence-corrected chi connectivity index (χ4v) is 3.04. The molecule has 8 heteroatoms. The lowest BCUT2D eigenvalue weighted by molar-refractivity contribution is -0.137. The molecule has 0 unspecified atom stereocenters. The molecule has 0 radical (unpaired) electrons. The van der Waals surface area contributed by atoms with Gasteiger partial charge in [-0.25, -0.2) is 13.1 Å². The van der Waals surface area contributed by atoms with E-state index in [4.69, 9.17) is 4.74 Å². The molecule has 2 rings (SSSR count). The number of benzene rings is 1. The summed E-state index contributed by atoms with van der Waals surface area (Å²) in [5.74, 6) is 0. The molecule has 4 nitrogen and oxygen atoms in total. The molecular formula is C12H14F3NO3S. The summed E-state index contributed by atoms with van der Waals surface area (Å²) in [5.41, 5.74) is -0.988. The standard InChI is InChI=1S/C12H14F3NO3S/c13-12(14,15)9-3-1-5-11(7-9)20(17,18)16-8-10-4-2-6-19-10/h1,3,5,7,10,16H,2,4,6,8H2/t10-/m1/s1. The Morgan fingerprint density at radius 1 is 1.35 bits per heavy atom. The maximum absolute atomic E-state index is 12.6. The Balaban J connectivity index is 2.12. The molecule has 1 aliphatic rings. The van der Waals surface area contributed by atoms with Gasteiger partial charge in [-0.1, -0.05) is 6.07 Å². The second-order valence-electron chi connectivity index (χ2n) is 4.51. The molecule has 20 heavy (non-hydrogen) atoms. The first kappa shape index (κ1) is 15.3. The topological polar surface area (TPSA) is 55.4 Å². The maximum atomic E-state index is 12.6. The predicted octanol–water partition coefficient (Wildman–Crippen LogP) is 2.16. The van der Waals surface area contributed by atoms with E-state index in [1.807, 2.05) is 0 Å². The first-order valence-corrected chi connectivity index (χ1v) is 7.56. The Kier molecular flexibility index (Phi) is 4.36. The van der Waals surface area contributed by atoms with Crippen LogP contribution in [0.15, 0.2) is 29.2 Å². The summed E-state index contributed by atoms with van der Waals surface area (Å²) >= 11 is 0. The van der Waals surface area contributed by atoms with E-state index in [0.29, 0.717) is 12.7 Å². The van der Waals surface area contributed by atoms with Crippen LogP contribution in [-0.2, 0) is 20.9 Å². The van der Waals surface area contributed by atoms with Crippen LogP contribution in [-0.4, -0.2) is 27.7 Å². The van der Waals surface area contributed by atoms with Crippen LogP contribution < -0.4 is 4.72 Å². The van der Waals surface area contributed by atoms with Crippen LogP contribution in [0.4, 0.5) is 13.2 Å². The molecule has 0 bridgehead atoms. The molecule has 1 fully saturated rings. The Morgan fingerprint density at radius 2 is 2.10 bits per heavy atom. The lowest BCUT2D eigenvalue weighted by Crippen LogP contribution is -2.32. The van der Waals surface area contributed by atoms with E-state index in [1.54, 1.807) is 0 Å². The average molecular weight is 309 g/mol. The first-order chi connectivity index (χ1) is 9.29. The van der Waals surface area contributed by atoms with E-state index in [9.17, 15) is 21.6 Å². The summed E-state index contributed by atoms with van der Waals surface area (Å²) in [6, 6.07) is 3.66. The zero-order valence-corrected chi connectivity index (χ0v) is 11.3. The Labute approximate surface area is 115 Å². The van der Waals surface area contributed by atoms with Gasteiger partial charge in [0, 0.05) is 13.2 Å². The second kappa shape index (κ2) is 5.71. The van der Waals surface area contributed by atoms with Gasteiger partial charge in [0.2, 0.25) is 10.0 Å². The van der Waals surface area contributed by atoms with Crippen molar-refractivity contribution < 1.29 is 26.3 Å². The van der Waals surface area contributed by atoms with E-state index in [0.717, 1.165) is 31.0 Å². The zero-order chi connectivity index (χ0) is 14.8. The molecule has 1 saturated heterocycles. The summed E-state index contributed by atoms with van der Waals surface area (Å²) in [7, 11) is -3.96. The van der Waals surface area contributed by atoms with Crippen LogP contribution >= 0.6 is 0 Å². The second-order valence-corrected chi connectivity index (χ2v) is 6.28. The van der Waals surface area contributed by atoms with E-state index in [2.05, 4.69) is 4.72 Å². The summed E-state index contributed by atoms with van der Waals surface area (Å²) < 4.78 is 69.1. The van der Waals surface area contributed by atoms with Crippen molar-refractivity contribution in [2.75, 3.05) is 13.2 Å². The number of alkyl halides is 3. The highest BCUT2D eigenvalue weighted by Crippen LogP contribution is 2.30. The molecule has 1 aromatic carbocycles. The molecule has 0 amide bonds. The monoisotopic (exact) mass is 309 g/mol. The van der Waals surface area contributed by atoms with Gasteiger partial charge in [0.1, 0.15) is 0 Å². The van der Waals surface area contributed by atoms with Crippen LogP contribution in [0.2, 0.25) is 0 Å². The van der Waals surface area contributed by atoms with Gasteiger partial charge in [0.25, 0.3) is 0 Å². The van der Waals surface area contributed by atoms with Gasteiger partial charge < -0.3 is 4.74 Å². The van der Waals surface area contributed by atoms with Crippen molar-refractivity contribution in [1.82, 2.24) is 4.72 Å². The molecule has 0 spiro atoms. The molecular weight excluding hydrogens is 295 g/mol. The van der Waals surface area contributed by atoms with Crippen LogP contribution in [0.3, 0.4) is 0 Å². The van der Waals surface area contributed by atoms with E-state index in [1.165, 1.54) is 0 Å². The minimum absolute atomic E-state index is 0.0680. The summed E-state index contributed by atoms with van der Waals surface area (Å²) in [5, 5.41) is 0. The number of halogens is 3. The lowest BCUT2D eigenvalue weighted by atomic mass is 10.2. The number of nitrogens with one attached hydrogen (secondary N) is 1. The van der Waals surface area contributed by atoms with E-state index < -0.39 is 26.7 Å². The van der Waals surface area contributed by atoms with Gasteiger partial charge in [0.05, 0.1) is 16.6 Å². The van der Waals surface area contributed by atoms with Crippen molar-refractivity contribution in [2.45, 2.75) is 30.0 Å². The van der Waals surface area contributed by atoms with Crippen molar-refractivity contribution in [1.29, 1.82) is 0 Å². The van der Waals surface area contributed by atoms with Gasteiger partial charge in [0.15, 0.2) is 0 Å². The SMILES string of the molecule is O=S(=O)(NC[C@H]1CCCO1)c1cccc(C(F)(F)F)c1. The molecule has 1 heterocycles. The van der Waals surface area contributed by atoms with Crippen LogP contribution in [0.25, 0.3) is 0 Å². The van der Waals surface area contributed by atoms with Gasteiger partial charge >= 0.3 is 6.18 Å². The fourth-order valence-electron chi connectivity index (χ4n) is 1.93. The van der Waals surface area contributed by atoms with Crippen molar-refractivity contribution in [3.63, 3.8) is 0 Å². The summed E-state index contributed by atoms with van der Waals surface area (Å²) in [6.07, 6.45) is -3.18. The largest absolute Gasteiger partial charge is 0.416 e.